The van der Waals surface area contributed by atoms with E-state index in [0.717, 1.165) is 86.7 Å². The molecule has 3 aromatic rings. The molecule has 0 aromatic carbocycles. The third-order valence-corrected chi connectivity index (χ3v) is 6.55. The van der Waals surface area contributed by atoms with Crippen molar-refractivity contribution in [3.8, 4) is 11.3 Å². The van der Waals surface area contributed by atoms with E-state index >= 15 is 0 Å². The summed E-state index contributed by atoms with van der Waals surface area (Å²) in [4.78, 5) is 19.7. The summed E-state index contributed by atoms with van der Waals surface area (Å²) in [5.41, 5.74) is 3.01. The van der Waals surface area contributed by atoms with Crippen LogP contribution in [0.5, 0.6) is 0 Å². The average Bonchev–Trinajstić information content (AvgIpc) is 3.36. The zero-order valence-electron chi connectivity index (χ0n) is 17.1. The summed E-state index contributed by atoms with van der Waals surface area (Å²) in [6.45, 7) is 8.79. The molecular weight excluding hydrogens is 400 g/mol. The lowest BCUT2D eigenvalue weighted by Crippen LogP contribution is -2.38. The first-order chi connectivity index (χ1) is 14.8. The van der Waals surface area contributed by atoms with E-state index in [0.29, 0.717) is 5.95 Å². The predicted molar refractivity (Wildman–Crippen MR) is 118 cm³/mol. The Morgan fingerprint density at radius 3 is 2.97 bits per heavy atom. The van der Waals surface area contributed by atoms with Crippen molar-refractivity contribution < 1.29 is 4.74 Å². The molecule has 1 saturated heterocycles. The number of aromatic nitrogens is 5. The summed E-state index contributed by atoms with van der Waals surface area (Å²) in [5, 5.41) is 11.6. The Labute approximate surface area is 179 Å². The first kappa shape index (κ1) is 19.4. The Bertz CT molecular complexity index is 996. The summed E-state index contributed by atoms with van der Waals surface area (Å²) in [6, 6.07) is 1.88. The van der Waals surface area contributed by atoms with Crippen LogP contribution in [0.4, 0.5) is 16.9 Å². The van der Waals surface area contributed by atoms with Crippen LogP contribution in [0, 0.1) is 6.92 Å². The molecule has 2 aliphatic rings. The molecule has 0 saturated carbocycles. The molecular formula is C20H26N8OS. The third-order valence-electron chi connectivity index (χ3n) is 5.52. The normalized spacial score (nSPS) is 16.8. The topological polar surface area (TPSA) is 95.1 Å². The molecule has 5 heterocycles. The highest BCUT2D eigenvalue weighted by Gasteiger charge is 2.25. The van der Waals surface area contributed by atoms with E-state index < -0.39 is 0 Å². The molecule has 1 fully saturated rings. The van der Waals surface area contributed by atoms with Crippen molar-refractivity contribution in [2.24, 2.45) is 0 Å². The molecule has 0 atom stereocenters. The van der Waals surface area contributed by atoms with E-state index in [9.17, 15) is 0 Å². The number of thiazole rings is 1. The first-order valence-electron chi connectivity index (χ1n) is 10.4. The Morgan fingerprint density at radius 2 is 2.10 bits per heavy atom. The van der Waals surface area contributed by atoms with Gasteiger partial charge in [0, 0.05) is 55.9 Å². The highest BCUT2D eigenvalue weighted by molar-refractivity contribution is 7.16. The van der Waals surface area contributed by atoms with Gasteiger partial charge in [-0.3, -0.25) is 10.00 Å². The fourth-order valence-corrected chi connectivity index (χ4v) is 4.92. The van der Waals surface area contributed by atoms with Crippen LogP contribution >= 0.6 is 11.3 Å². The van der Waals surface area contributed by atoms with Crippen LogP contribution < -0.4 is 10.2 Å². The number of fused-ring (bicyclic) bond motifs is 3. The molecule has 0 radical (unpaired) electrons. The van der Waals surface area contributed by atoms with Gasteiger partial charge in [0.05, 0.1) is 30.7 Å². The number of hydrogen-bond acceptors (Lipinski definition) is 9. The van der Waals surface area contributed by atoms with Crippen molar-refractivity contribution in [3.05, 3.63) is 29.0 Å². The average molecular weight is 427 g/mol. The number of aryl methyl sites for hydroxylation is 1. The van der Waals surface area contributed by atoms with Crippen molar-refractivity contribution in [1.82, 2.24) is 30.0 Å². The molecule has 10 heteroatoms. The number of ether oxygens (including phenoxy) is 1. The van der Waals surface area contributed by atoms with Crippen molar-refractivity contribution in [3.63, 3.8) is 0 Å². The van der Waals surface area contributed by atoms with Crippen LogP contribution in [-0.2, 0) is 11.2 Å². The molecule has 0 amide bonds. The third kappa shape index (κ3) is 4.16. The summed E-state index contributed by atoms with van der Waals surface area (Å²) in [6.07, 6.45) is 5.73. The van der Waals surface area contributed by atoms with Gasteiger partial charge >= 0.3 is 0 Å². The predicted octanol–water partition coefficient (Wildman–Crippen LogP) is 2.46. The maximum absolute atomic E-state index is 5.44. The number of H-pyrrole nitrogens is 1. The summed E-state index contributed by atoms with van der Waals surface area (Å²) < 4.78 is 5.44. The molecule has 0 unspecified atom stereocenters. The van der Waals surface area contributed by atoms with Gasteiger partial charge in [-0.2, -0.15) is 5.10 Å². The number of nitrogens with one attached hydrogen (secondary N) is 2. The minimum Gasteiger partial charge on any atom is -0.379 e. The van der Waals surface area contributed by atoms with Crippen LogP contribution in [-0.4, -0.2) is 76.0 Å². The van der Waals surface area contributed by atoms with Gasteiger partial charge in [-0.05, 0) is 19.4 Å². The fraction of sp³-hybridized carbons (Fsp3) is 0.500. The monoisotopic (exact) mass is 426 g/mol. The summed E-state index contributed by atoms with van der Waals surface area (Å²) >= 11 is 1.67. The Morgan fingerprint density at radius 1 is 1.20 bits per heavy atom. The van der Waals surface area contributed by atoms with E-state index in [2.05, 4.69) is 35.3 Å². The lowest BCUT2D eigenvalue weighted by Gasteiger charge is -2.28. The fourth-order valence-electron chi connectivity index (χ4n) is 3.97. The molecule has 5 rings (SSSR count). The van der Waals surface area contributed by atoms with Gasteiger partial charge in [-0.25, -0.2) is 15.0 Å². The molecule has 3 aromatic heterocycles. The van der Waals surface area contributed by atoms with Crippen molar-refractivity contribution in [2.45, 2.75) is 19.8 Å². The number of nitrogens with zero attached hydrogens (tertiary/aromatic N) is 6. The van der Waals surface area contributed by atoms with E-state index in [1.165, 1.54) is 4.88 Å². The van der Waals surface area contributed by atoms with Gasteiger partial charge < -0.3 is 15.0 Å². The highest BCUT2D eigenvalue weighted by atomic mass is 32.1. The quantitative estimate of drug-likeness (QED) is 0.621. The summed E-state index contributed by atoms with van der Waals surface area (Å²) in [7, 11) is 0. The number of aromatic amines is 1. The van der Waals surface area contributed by atoms with Crippen LogP contribution in [0.1, 0.15) is 17.0 Å². The van der Waals surface area contributed by atoms with Gasteiger partial charge in [0.1, 0.15) is 5.82 Å². The molecule has 0 bridgehead atoms. The van der Waals surface area contributed by atoms with E-state index in [-0.39, 0.29) is 0 Å². The minimum absolute atomic E-state index is 0.580. The Hall–Kier alpha value is -2.56. The second-order valence-corrected chi connectivity index (χ2v) is 8.70. The van der Waals surface area contributed by atoms with E-state index in [1.807, 2.05) is 19.2 Å². The van der Waals surface area contributed by atoms with E-state index in [1.54, 1.807) is 17.5 Å². The minimum atomic E-state index is 0.580. The zero-order chi connectivity index (χ0) is 20.3. The molecule has 158 valence electrons. The van der Waals surface area contributed by atoms with Crippen LogP contribution in [0.3, 0.4) is 0 Å². The number of anilines is 3. The first-order valence-corrected chi connectivity index (χ1v) is 11.2. The van der Waals surface area contributed by atoms with Crippen LogP contribution in [0.25, 0.3) is 11.3 Å². The summed E-state index contributed by atoms with van der Waals surface area (Å²) in [5.74, 6) is 1.65. The van der Waals surface area contributed by atoms with Crippen molar-refractivity contribution in [1.29, 1.82) is 0 Å². The standard InChI is InChI=1S/C20H26N8OS/c1-14-3-5-21-19(23-14)25-20-24-17-15-13-22-26-18(15)28(8-4-16(17)30-20)7-2-6-27-9-11-29-12-10-27/h3,5,13H,2,4,6-12H2,1H3,(H,22,26)(H,21,23,24,25). The lowest BCUT2D eigenvalue weighted by molar-refractivity contribution is 0.0376. The Balaban J connectivity index is 1.29. The molecule has 2 N–H and O–H groups in total. The number of hydrogen-bond donors (Lipinski definition) is 2. The maximum atomic E-state index is 5.44. The second-order valence-electron chi connectivity index (χ2n) is 7.61. The number of morpholine rings is 1. The largest absolute Gasteiger partial charge is 0.379 e. The van der Waals surface area contributed by atoms with Gasteiger partial charge in [-0.15, -0.1) is 11.3 Å². The second kappa shape index (κ2) is 8.66. The molecule has 30 heavy (non-hydrogen) atoms. The van der Waals surface area contributed by atoms with Crippen LogP contribution in [0.15, 0.2) is 18.5 Å². The molecule has 2 aliphatic heterocycles. The molecule has 0 spiro atoms. The van der Waals surface area contributed by atoms with Gasteiger partial charge in [-0.1, -0.05) is 0 Å². The maximum Gasteiger partial charge on any atom is 0.229 e. The van der Waals surface area contributed by atoms with Gasteiger partial charge in [0.15, 0.2) is 5.13 Å². The Kier molecular flexibility index (Phi) is 5.60. The highest BCUT2D eigenvalue weighted by Crippen LogP contribution is 2.39. The SMILES string of the molecule is Cc1ccnc(Nc2nc3c(s2)CCN(CCCN2CCOCC2)c2[nH]ncc2-3)n1. The molecule has 0 aliphatic carbocycles. The van der Waals surface area contributed by atoms with Gasteiger partial charge in [0.2, 0.25) is 5.95 Å². The smallest absolute Gasteiger partial charge is 0.229 e. The zero-order valence-corrected chi connectivity index (χ0v) is 17.9. The molecule has 9 nitrogen and oxygen atoms in total. The van der Waals surface area contributed by atoms with Crippen molar-refractivity contribution >= 4 is 28.2 Å². The van der Waals surface area contributed by atoms with Gasteiger partial charge in [0.25, 0.3) is 0 Å². The van der Waals surface area contributed by atoms with Crippen molar-refractivity contribution in [2.75, 3.05) is 56.2 Å². The number of rotatable bonds is 6. The van der Waals surface area contributed by atoms with Crippen LogP contribution in [0.2, 0.25) is 0 Å². The van der Waals surface area contributed by atoms with E-state index in [4.69, 9.17) is 9.72 Å². The lowest BCUT2D eigenvalue weighted by atomic mass is 10.2.